The van der Waals surface area contributed by atoms with Gasteiger partial charge in [-0.15, -0.1) is 0 Å². The van der Waals surface area contributed by atoms with Gasteiger partial charge in [-0.05, 0) is 15.4 Å². The molecule has 0 aromatic heterocycles. The van der Waals surface area contributed by atoms with Gasteiger partial charge in [-0.2, -0.15) is 0 Å². The van der Waals surface area contributed by atoms with Gasteiger partial charge in [0.05, 0.1) is 12.9 Å². The zero-order valence-corrected chi connectivity index (χ0v) is 18.8. The summed E-state index contributed by atoms with van der Waals surface area (Å²) in [7, 11) is -2.78. The smallest absolute Gasteiger partial charge is 0.303 e. The van der Waals surface area contributed by atoms with Crippen LogP contribution in [0.2, 0.25) is 5.04 Å². The molecular formula is C24H28O5Si. The first-order chi connectivity index (χ1) is 14.3. The molecule has 0 aliphatic carbocycles. The quantitative estimate of drug-likeness (QED) is 0.527. The van der Waals surface area contributed by atoms with E-state index in [0.29, 0.717) is 0 Å². The highest BCUT2D eigenvalue weighted by atomic mass is 28.4. The van der Waals surface area contributed by atoms with Crippen molar-refractivity contribution in [3.63, 3.8) is 0 Å². The number of rotatable bonds is 6. The van der Waals surface area contributed by atoms with Crippen molar-refractivity contribution in [2.45, 2.75) is 44.9 Å². The maximum atomic E-state index is 12.3. The lowest BCUT2D eigenvalue weighted by Crippen LogP contribution is -2.67. The van der Waals surface area contributed by atoms with Gasteiger partial charge in [0.1, 0.15) is 0 Å². The molecule has 1 aliphatic rings. The van der Waals surface area contributed by atoms with E-state index < -0.39 is 26.5 Å². The molecule has 2 aromatic carbocycles. The fourth-order valence-electron chi connectivity index (χ4n) is 3.96. The van der Waals surface area contributed by atoms with E-state index in [0.717, 1.165) is 10.4 Å². The van der Waals surface area contributed by atoms with Crippen molar-refractivity contribution in [2.75, 3.05) is 6.61 Å². The average Bonchev–Trinajstić information content (AvgIpc) is 2.71. The predicted molar refractivity (Wildman–Crippen MR) is 118 cm³/mol. The molecule has 0 fully saturated rings. The average molecular weight is 425 g/mol. The minimum absolute atomic E-state index is 0.126. The summed E-state index contributed by atoms with van der Waals surface area (Å²) >= 11 is 0. The molecule has 30 heavy (non-hydrogen) atoms. The number of benzene rings is 2. The van der Waals surface area contributed by atoms with Gasteiger partial charge in [-0.3, -0.25) is 9.59 Å². The van der Waals surface area contributed by atoms with Crippen LogP contribution in [0.5, 0.6) is 0 Å². The lowest BCUT2D eigenvalue weighted by Gasteiger charge is -2.44. The normalized spacial score (nSPS) is 19.3. The Morgan fingerprint density at radius 3 is 2.00 bits per heavy atom. The summed E-state index contributed by atoms with van der Waals surface area (Å²) in [6, 6.07) is 20.4. The molecule has 0 amide bonds. The highest BCUT2D eigenvalue weighted by Gasteiger charge is 2.51. The second-order valence-corrected chi connectivity index (χ2v) is 12.7. The first kappa shape index (κ1) is 22.0. The van der Waals surface area contributed by atoms with Crippen LogP contribution in [0.4, 0.5) is 0 Å². The van der Waals surface area contributed by atoms with E-state index in [4.69, 9.17) is 13.9 Å². The molecule has 2 aromatic rings. The largest absolute Gasteiger partial charge is 0.491 e. The summed E-state index contributed by atoms with van der Waals surface area (Å²) < 4.78 is 17.7. The highest BCUT2D eigenvalue weighted by Crippen LogP contribution is 2.37. The van der Waals surface area contributed by atoms with Crippen LogP contribution in [-0.4, -0.2) is 38.9 Å². The van der Waals surface area contributed by atoms with Crippen molar-refractivity contribution in [1.29, 1.82) is 0 Å². The van der Waals surface area contributed by atoms with Crippen LogP contribution in [0.3, 0.4) is 0 Å². The van der Waals surface area contributed by atoms with Gasteiger partial charge in [0, 0.05) is 13.0 Å². The second kappa shape index (κ2) is 8.98. The summed E-state index contributed by atoms with van der Waals surface area (Å²) in [6.45, 7) is 7.94. The first-order valence-electron chi connectivity index (χ1n) is 10.0. The molecule has 1 aliphatic heterocycles. The molecule has 0 unspecified atom stereocenters. The number of esters is 1. The molecule has 5 nitrogen and oxygen atoms in total. The standard InChI is InChI=1S/C24H28O5Si/c1-18(25)29-23-21(26)15-16-27-22(23)17-28-30(24(2,3)4,19-11-7-5-8-12-19)20-13-9-6-10-14-20/h5-16,22-23H,17H2,1-4H3/t22-,23+/m1/s1. The summed E-state index contributed by atoms with van der Waals surface area (Å²) in [5, 5.41) is 2.05. The maximum Gasteiger partial charge on any atom is 0.303 e. The first-order valence-corrected chi connectivity index (χ1v) is 11.9. The third-order valence-corrected chi connectivity index (χ3v) is 10.3. The highest BCUT2D eigenvalue weighted by molar-refractivity contribution is 6.99. The third-order valence-electron chi connectivity index (χ3n) is 5.28. The summed E-state index contributed by atoms with van der Waals surface area (Å²) in [5.41, 5.74) is 0. The fourth-order valence-corrected chi connectivity index (χ4v) is 8.53. The Kier molecular flexibility index (Phi) is 6.58. The Labute approximate surface area is 178 Å². The molecule has 0 saturated heterocycles. The van der Waals surface area contributed by atoms with Gasteiger partial charge < -0.3 is 13.9 Å². The minimum atomic E-state index is -2.78. The third kappa shape index (κ3) is 4.39. The van der Waals surface area contributed by atoms with Gasteiger partial charge >= 0.3 is 5.97 Å². The van der Waals surface area contributed by atoms with E-state index in [-0.39, 0.29) is 17.4 Å². The van der Waals surface area contributed by atoms with Crippen LogP contribution in [0.1, 0.15) is 27.7 Å². The van der Waals surface area contributed by atoms with Crippen molar-refractivity contribution in [1.82, 2.24) is 0 Å². The van der Waals surface area contributed by atoms with Gasteiger partial charge in [0.2, 0.25) is 11.9 Å². The molecule has 158 valence electrons. The van der Waals surface area contributed by atoms with Crippen LogP contribution in [0.15, 0.2) is 73.0 Å². The van der Waals surface area contributed by atoms with Crippen molar-refractivity contribution < 1.29 is 23.5 Å². The fraction of sp³-hybridized carbons (Fsp3) is 0.333. The predicted octanol–water partition coefficient (Wildman–Crippen LogP) is 2.98. The second-order valence-electron chi connectivity index (χ2n) is 8.38. The summed E-state index contributed by atoms with van der Waals surface area (Å²) in [5.74, 6) is -0.824. The number of hydrogen-bond donors (Lipinski definition) is 0. The van der Waals surface area contributed by atoms with E-state index in [2.05, 4.69) is 45.0 Å². The van der Waals surface area contributed by atoms with Gasteiger partial charge in [-0.1, -0.05) is 81.4 Å². The molecular weight excluding hydrogens is 396 g/mol. The molecule has 0 saturated carbocycles. The molecule has 0 bridgehead atoms. The van der Waals surface area contributed by atoms with E-state index in [1.54, 1.807) is 0 Å². The van der Waals surface area contributed by atoms with Crippen LogP contribution in [0.25, 0.3) is 0 Å². The van der Waals surface area contributed by atoms with E-state index >= 15 is 0 Å². The summed E-state index contributed by atoms with van der Waals surface area (Å²) in [6.07, 6.45) is 0.924. The van der Waals surface area contributed by atoms with Crippen molar-refractivity contribution in [2.24, 2.45) is 0 Å². The van der Waals surface area contributed by atoms with E-state index in [1.807, 2.05) is 36.4 Å². The minimum Gasteiger partial charge on any atom is -0.491 e. The zero-order valence-electron chi connectivity index (χ0n) is 17.8. The Morgan fingerprint density at radius 2 is 1.53 bits per heavy atom. The van der Waals surface area contributed by atoms with Crippen LogP contribution >= 0.6 is 0 Å². The Morgan fingerprint density at radius 1 is 1.00 bits per heavy atom. The van der Waals surface area contributed by atoms with Gasteiger partial charge in [0.25, 0.3) is 8.32 Å². The lowest BCUT2D eigenvalue weighted by molar-refractivity contribution is -0.161. The number of carbonyl (C=O) groups excluding carboxylic acids is 2. The monoisotopic (exact) mass is 424 g/mol. The molecule has 6 heteroatoms. The Balaban J connectivity index is 2.02. The van der Waals surface area contributed by atoms with Gasteiger partial charge in [-0.25, -0.2) is 0 Å². The van der Waals surface area contributed by atoms with Crippen LogP contribution in [0, 0.1) is 0 Å². The molecule has 1 heterocycles. The Bertz CT molecular complexity index is 863. The number of ether oxygens (including phenoxy) is 2. The molecule has 0 N–H and O–H groups in total. The van der Waals surface area contributed by atoms with E-state index in [9.17, 15) is 9.59 Å². The van der Waals surface area contributed by atoms with Crippen LogP contribution < -0.4 is 10.4 Å². The van der Waals surface area contributed by atoms with Crippen molar-refractivity contribution >= 4 is 30.4 Å². The number of ketones is 1. The SMILES string of the molecule is CC(=O)O[C@H]1C(=O)C=CO[C@@H]1CO[Si](c1ccccc1)(c1ccccc1)C(C)(C)C. The number of hydrogen-bond acceptors (Lipinski definition) is 5. The zero-order chi connectivity index (χ0) is 21.8. The van der Waals surface area contributed by atoms with E-state index in [1.165, 1.54) is 19.3 Å². The Hall–Kier alpha value is -2.70. The van der Waals surface area contributed by atoms with Crippen molar-refractivity contribution in [3.8, 4) is 0 Å². The van der Waals surface area contributed by atoms with Crippen LogP contribution in [-0.2, 0) is 23.5 Å². The topological polar surface area (TPSA) is 61.8 Å². The van der Waals surface area contributed by atoms with Gasteiger partial charge in [0.15, 0.2) is 6.10 Å². The lowest BCUT2D eigenvalue weighted by atomic mass is 10.1. The molecule has 0 radical (unpaired) electrons. The number of carbonyl (C=O) groups is 2. The molecule has 3 rings (SSSR count). The summed E-state index contributed by atoms with van der Waals surface area (Å²) in [4.78, 5) is 23.8. The molecule has 2 atom stereocenters. The maximum absolute atomic E-state index is 12.3. The molecule has 0 spiro atoms. The van der Waals surface area contributed by atoms with Crippen molar-refractivity contribution in [3.05, 3.63) is 73.0 Å².